The minimum absolute atomic E-state index is 0.00906. The summed E-state index contributed by atoms with van der Waals surface area (Å²) in [6.45, 7) is 7.36. The first-order valence-corrected chi connectivity index (χ1v) is 8.45. The van der Waals surface area contributed by atoms with Gasteiger partial charge in [0, 0.05) is 6.54 Å². The summed E-state index contributed by atoms with van der Waals surface area (Å²) in [5, 5.41) is 15.2. The predicted octanol–water partition coefficient (Wildman–Crippen LogP) is 0.723. The maximum Gasteiger partial charge on any atom is 0.239 e. The average Bonchev–Trinajstić information content (AvgIpc) is 2.56. The molecule has 0 bridgehead atoms. The van der Waals surface area contributed by atoms with Gasteiger partial charge in [-0.25, -0.2) is 0 Å². The van der Waals surface area contributed by atoms with Crippen LogP contribution in [0.2, 0.25) is 0 Å². The molecule has 0 spiro atoms. The van der Waals surface area contributed by atoms with E-state index in [4.69, 9.17) is 10.5 Å². The smallest absolute Gasteiger partial charge is 0.239 e. The molecule has 7 heteroatoms. The number of nitrogens with one attached hydrogen (secondary N) is 2. The van der Waals surface area contributed by atoms with Crippen LogP contribution in [0.3, 0.4) is 0 Å². The number of benzene rings is 1. The Kier molecular flexibility index (Phi) is 8.37. The topological polar surface area (TPSA) is 114 Å². The van der Waals surface area contributed by atoms with Gasteiger partial charge in [-0.15, -0.1) is 0 Å². The van der Waals surface area contributed by atoms with Gasteiger partial charge in [0.15, 0.2) is 0 Å². The van der Waals surface area contributed by atoms with Crippen molar-refractivity contribution in [3.8, 4) is 5.75 Å². The molecule has 25 heavy (non-hydrogen) atoms. The number of hydrogen-bond donors (Lipinski definition) is 4. The van der Waals surface area contributed by atoms with Crippen LogP contribution in [0, 0.1) is 5.92 Å². The molecule has 1 aromatic carbocycles. The zero-order valence-corrected chi connectivity index (χ0v) is 15.3. The second kappa shape index (κ2) is 10.0. The lowest BCUT2D eigenvalue weighted by molar-refractivity contribution is -0.127. The van der Waals surface area contributed by atoms with E-state index in [1.54, 1.807) is 18.2 Å². The molecule has 0 aliphatic heterocycles. The number of hydrogen-bond acceptors (Lipinski definition) is 5. The summed E-state index contributed by atoms with van der Waals surface area (Å²) in [6.07, 6.45) is -0.832. The first-order valence-electron chi connectivity index (χ1n) is 8.45. The molecular formula is C18H29N3O4. The first-order chi connectivity index (χ1) is 11.7. The third-order valence-electron chi connectivity index (χ3n) is 3.55. The molecule has 1 unspecified atom stereocenters. The Morgan fingerprint density at radius 3 is 2.48 bits per heavy atom. The third-order valence-corrected chi connectivity index (χ3v) is 3.55. The van der Waals surface area contributed by atoms with Gasteiger partial charge in [0.05, 0.1) is 24.8 Å². The molecule has 0 heterocycles. The van der Waals surface area contributed by atoms with Gasteiger partial charge in [-0.3, -0.25) is 9.59 Å². The lowest BCUT2D eigenvalue weighted by Gasteiger charge is -2.16. The van der Waals surface area contributed by atoms with Crippen LogP contribution in [0.15, 0.2) is 24.3 Å². The van der Waals surface area contributed by atoms with Gasteiger partial charge in [0.2, 0.25) is 11.8 Å². The first kappa shape index (κ1) is 20.9. The van der Waals surface area contributed by atoms with Gasteiger partial charge in [0.25, 0.3) is 0 Å². The summed E-state index contributed by atoms with van der Waals surface area (Å²) < 4.78 is 5.58. The fourth-order valence-electron chi connectivity index (χ4n) is 2.05. The van der Waals surface area contributed by atoms with Crippen LogP contribution in [0.4, 0.5) is 0 Å². The van der Waals surface area contributed by atoms with Crippen molar-refractivity contribution in [2.45, 2.75) is 45.9 Å². The standard InChI is InChI=1S/C18H29N3O4/c1-11(2)17(19)18(24)21-10-16(23)20-9-15(22)13-6-5-7-14(8-13)25-12(3)4/h5-8,11-12,15,17,22H,9-10,19H2,1-4H3,(H,20,23)(H,21,24)/t15?,17-/m0/s1. The van der Waals surface area contributed by atoms with Gasteiger partial charge >= 0.3 is 0 Å². The maximum absolute atomic E-state index is 11.8. The van der Waals surface area contributed by atoms with E-state index in [0.717, 1.165) is 0 Å². The summed E-state index contributed by atoms with van der Waals surface area (Å²) in [7, 11) is 0. The molecule has 0 radical (unpaired) electrons. The molecule has 0 saturated heterocycles. The van der Waals surface area contributed by atoms with Crippen molar-refractivity contribution in [1.82, 2.24) is 10.6 Å². The Hall–Kier alpha value is -2.12. The molecule has 140 valence electrons. The number of aliphatic hydroxyl groups excluding tert-OH is 1. The van der Waals surface area contributed by atoms with Crippen molar-refractivity contribution in [3.63, 3.8) is 0 Å². The zero-order valence-electron chi connectivity index (χ0n) is 15.3. The molecule has 2 amide bonds. The number of carbonyl (C=O) groups excluding carboxylic acids is 2. The molecule has 0 saturated carbocycles. The molecule has 0 fully saturated rings. The normalized spacial score (nSPS) is 13.4. The van der Waals surface area contributed by atoms with Crippen molar-refractivity contribution in [1.29, 1.82) is 0 Å². The second-order valence-electron chi connectivity index (χ2n) is 6.55. The summed E-state index contributed by atoms with van der Waals surface area (Å²) in [4.78, 5) is 23.5. The van der Waals surface area contributed by atoms with Gasteiger partial charge in [0.1, 0.15) is 5.75 Å². The van der Waals surface area contributed by atoms with Gasteiger partial charge in [-0.1, -0.05) is 26.0 Å². The van der Waals surface area contributed by atoms with Crippen LogP contribution in [-0.2, 0) is 9.59 Å². The lowest BCUT2D eigenvalue weighted by Crippen LogP contribution is -2.47. The zero-order chi connectivity index (χ0) is 19.0. The van der Waals surface area contributed by atoms with Crippen LogP contribution < -0.4 is 21.1 Å². The second-order valence-corrected chi connectivity index (χ2v) is 6.55. The number of aliphatic hydroxyl groups is 1. The van der Waals surface area contributed by atoms with Crippen LogP contribution in [-0.4, -0.2) is 42.2 Å². The van der Waals surface area contributed by atoms with E-state index < -0.39 is 18.1 Å². The minimum atomic E-state index is -0.867. The Bertz CT molecular complexity index is 575. The third kappa shape index (κ3) is 7.53. The Morgan fingerprint density at radius 2 is 1.88 bits per heavy atom. The van der Waals surface area contributed by atoms with Crippen molar-refractivity contribution >= 4 is 11.8 Å². The molecule has 0 aliphatic rings. The number of amides is 2. The van der Waals surface area contributed by atoms with Gasteiger partial charge < -0.3 is 26.2 Å². The maximum atomic E-state index is 11.8. The molecular weight excluding hydrogens is 322 g/mol. The Morgan fingerprint density at radius 1 is 1.20 bits per heavy atom. The van der Waals surface area contributed by atoms with E-state index in [1.807, 2.05) is 33.8 Å². The highest BCUT2D eigenvalue weighted by atomic mass is 16.5. The van der Waals surface area contributed by atoms with Crippen LogP contribution in [0.25, 0.3) is 0 Å². The van der Waals surface area contributed by atoms with E-state index in [2.05, 4.69) is 10.6 Å². The van der Waals surface area contributed by atoms with E-state index in [9.17, 15) is 14.7 Å². The highest BCUT2D eigenvalue weighted by Gasteiger charge is 2.18. The van der Waals surface area contributed by atoms with Gasteiger partial charge in [-0.05, 0) is 37.5 Å². The SMILES string of the molecule is CC(C)Oc1cccc(C(O)CNC(=O)CNC(=O)[C@@H](N)C(C)C)c1. The summed E-state index contributed by atoms with van der Waals surface area (Å²) in [5.74, 6) is -0.111. The summed E-state index contributed by atoms with van der Waals surface area (Å²) >= 11 is 0. The molecule has 5 N–H and O–H groups in total. The Labute approximate surface area is 148 Å². The van der Waals surface area contributed by atoms with Crippen LogP contribution in [0.5, 0.6) is 5.75 Å². The van der Waals surface area contributed by atoms with Crippen LogP contribution in [0.1, 0.15) is 39.4 Å². The Balaban J connectivity index is 2.44. The van der Waals surface area contributed by atoms with Gasteiger partial charge in [-0.2, -0.15) is 0 Å². The minimum Gasteiger partial charge on any atom is -0.491 e. The van der Waals surface area contributed by atoms with Crippen LogP contribution >= 0.6 is 0 Å². The molecule has 1 rings (SSSR count). The molecule has 7 nitrogen and oxygen atoms in total. The molecule has 1 aromatic rings. The lowest BCUT2D eigenvalue weighted by atomic mass is 10.1. The van der Waals surface area contributed by atoms with Crippen molar-refractivity contribution < 1.29 is 19.4 Å². The number of ether oxygens (including phenoxy) is 1. The molecule has 0 aromatic heterocycles. The van der Waals surface area contributed by atoms with E-state index in [-0.39, 0.29) is 31.0 Å². The largest absolute Gasteiger partial charge is 0.491 e. The number of rotatable bonds is 9. The summed E-state index contributed by atoms with van der Waals surface area (Å²) in [6, 6.07) is 6.43. The van der Waals surface area contributed by atoms with Crippen molar-refractivity contribution in [2.75, 3.05) is 13.1 Å². The molecule has 0 aliphatic carbocycles. The fraction of sp³-hybridized carbons (Fsp3) is 0.556. The quantitative estimate of drug-likeness (QED) is 0.524. The predicted molar refractivity (Wildman–Crippen MR) is 96.0 cm³/mol. The van der Waals surface area contributed by atoms with E-state index in [0.29, 0.717) is 11.3 Å². The summed E-state index contributed by atoms with van der Waals surface area (Å²) in [5.41, 5.74) is 6.34. The monoisotopic (exact) mass is 351 g/mol. The van der Waals surface area contributed by atoms with E-state index in [1.165, 1.54) is 0 Å². The van der Waals surface area contributed by atoms with E-state index >= 15 is 0 Å². The fourth-order valence-corrected chi connectivity index (χ4v) is 2.05. The number of carbonyl (C=O) groups is 2. The highest BCUT2D eigenvalue weighted by molar-refractivity contribution is 5.87. The molecule has 2 atom stereocenters. The van der Waals surface area contributed by atoms with Crippen molar-refractivity contribution in [2.24, 2.45) is 11.7 Å². The highest BCUT2D eigenvalue weighted by Crippen LogP contribution is 2.19. The number of nitrogens with two attached hydrogens (primary N) is 1. The van der Waals surface area contributed by atoms with Crippen molar-refractivity contribution in [3.05, 3.63) is 29.8 Å². The average molecular weight is 351 g/mol.